The SMILES string of the molecule is N#C/C(=C\c1ccc(Cc2ccccc2Cl)c(Br)c1)C(N)=O. The topological polar surface area (TPSA) is 66.9 Å². The van der Waals surface area contributed by atoms with E-state index < -0.39 is 5.91 Å². The van der Waals surface area contributed by atoms with Crippen LogP contribution in [0.4, 0.5) is 0 Å². The summed E-state index contributed by atoms with van der Waals surface area (Å²) >= 11 is 9.67. The largest absolute Gasteiger partial charge is 0.365 e. The van der Waals surface area contributed by atoms with E-state index in [1.54, 1.807) is 6.07 Å². The molecule has 110 valence electrons. The van der Waals surface area contributed by atoms with E-state index in [-0.39, 0.29) is 5.57 Å². The van der Waals surface area contributed by atoms with Crippen LogP contribution in [0.1, 0.15) is 16.7 Å². The zero-order valence-corrected chi connectivity index (χ0v) is 13.9. The number of hydrogen-bond acceptors (Lipinski definition) is 2. The fourth-order valence-electron chi connectivity index (χ4n) is 1.97. The van der Waals surface area contributed by atoms with Crippen LogP contribution in [-0.2, 0) is 11.2 Å². The Kier molecular flexibility index (Phi) is 5.37. The number of halogens is 2. The van der Waals surface area contributed by atoms with Gasteiger partial charge in [-0.2, -0.15) is 5.26 Å². The summed E-state index contributed by atoms with van der Waals surface area (Å²) in [5.41, 5.74) is 7.86. The average Bonchev–Trinajstić information content (AvgIpc) is 2.49. The molecule has 0 aromatic heterocycles. The molecule has 2 aromatic rings. The lowest BCUT2D eigenvalue weighted by Crippen LogP contribution is -2.12. The predicted molar refractivity (Wildman–Crippen MR) is 91.2 cm³/mol. The number of carbonyl (C=O) groups excluding carboxylic acids is 1. The van der Waals surface area contributed by atoms with E-state index in [0.29, 0.717) is 6.42 Å². The number of primary amides is 1. The third kappa shape index (κ3) is 3.97. The maximum absolute atomic E-state index is 11.1. The van der Waals surface area contributed by atoms with Gasteiger partial charge in [0.15, 0.2) is 0 Å². The number of hydrogen-bond donors (Lipinski definition) is 1. The van der Waals surface area contributed by atoms with Crippen LogP contribution in [-0.4, -0.2) is 5.91 Å². The highest BCUT2D eigenvalue weighted by atomic mass is 79.9. The minimum absolute atomic E-state index is 0.0780. The van der Waals surface area contributed by atoms with E-state index in [0.717, 1.165) is 26.2 Å². The van der Waals surface area contributed by atoms with Crippen LogP contribution in [0.3, 0.4) is 0 Å². The van der Waals surface area contributed by atoms with Crippen molar-refractivity contribution in [3.8, 4) is 6.07 Å². The van der Waals surface area contributed by atoms with E-state index in [1.165, 1.54) is 6.08 Å². The van der Waals surface area contributed by atoms with Crippen LogP contribution in [0.2, 0.25) is 5.02 Å². The molecule has 0 aliphatic heterocycles. The van der Waals surface area contributed by atoms with Crippen molar-refractivity contribution < 1.29 is 4.79 Å². The number of carbonyl (C=O) groups is 1. The van der Waals surface area contributed by atoms with Crippen molar-refractivity contribution in [2.45, 2.75) is 6.42 Å². The summed E-state index contributed by atoms with van der Waals surface area (Å²) in [6, 6.07) is 15.0. The Morgan fingerprint density at radius 2 is 2.00 bits per heavy atom. The Morgan fingerprint density at radius 3 is 2.59 bits per heavy atom. The summed E-state index contributed by atoms with van der Waals surface area (Å²) in [6.07, 6.45) is 2.15. The van der Waals surface area contributed by atoms with Crippen LogP contribution >= 0.6 is 27.5 Å². The lowest BCUT2D eigenvalue weighted by molar-refractivity contribution is -0.114. The molecule has 0 heterocycles. The van der Waals surface area contributed by atoms with Gasteiger partial charge in [0, 0.05) is 15.9 Å². The van der Waals surface area contributed by atoms with Gasteiger partial charge in [-0.05, 0) is 34.9 Å². The third-order valence-electron chi connectivity index (χ3n) is 3.11. The van der Waals surface area contributed by atoms with Crippen LogP contribution in [0.25, 0.3) is 6.08 Å². The number of nitrogens with zero attached hydrogens (tertiary/aromatic N) is 1. The van der Waals surface area contributed by atoms with E-state index in [4.69, 9.17) is 22.6 Å². The Balaban J connectivity index is 2.30. The first-order valence-electron chi connectivity index (χ1n) is 6.44. The molecule has 22 heavy (non-hydrogen) atoms. The highest BCUT2D eigenvalue weighted by Crippen LogP contribution is 2.25. The second kappa shape index (κ2) is 7.26. The molecule has 5 heteroatoms. The first kappa shape index (κ1) is 16.3. The van der Waals surface area contributed by atoms with Gasteiger partial charge in [0.05, 0.1) is 0 Å². The molecule has 0 bridgehead atoms. The number of rotatable bonds is 4. The van der Waals surface area contributed by atoms with Crippen LogP contribution in [0, 0.1) is 11.3 Å². The van der Waals surface area contributed by atoms with E-state index in [2.05, 4.69) is 15.9 Å². The van der Waals surface area contributed by atoms with E-state index in [9.17, 15) is 4.79 Å². The van der Waals surface area contributed by atoms with E-state index in [1.807, 2.05) is 42.5 Å². The monoisotopic (exact) mass is 374 g/mol. The molecule has 1 amide bonds. The van der Waals surface area contributed by atoms with Gasteiger partial charge in [0.1, 0.15) is 11.6 Å². The molecule has 0 saturated heterocycles. The Hall–Kier alpha value is -2.09. The van der Waals surface area contributed by atoms with Crippen molar-refractivity contribution in [3.05, 3.63) is 74.2 Å². The summed E-state index contributed by atoms with van der Waals surface area (Å²) in [7, 11) is 0. The van der Waals surface area contributed by atoms with Crippen LogP contribution < -0.4 is 5.73 Å². The van der Waals surface area contributed by atoms with Crippen molar-refractivity contribution in [2.75, 3.05) is 0 Å². The first-order chi connectivity index (χ1) is 10.5. The van der Waals surface area contributed by atoms with E-state index >= 15 is 0 Å². The van der Waals surface area contributed by atoms with Crippen molar-refractivity contribution >= 4 is 39.5 Å². The van der Waals surface area contributed by atoms with Gasteiger partial charge < -0.3 is 5.73 Å². The molecule has 2 N–H and O–H groups in total. The zero-order chi connectivity index (χ0) is 16.1. The number of nitriles is 1. The highest BCUT2D eigenvalue weighted by molar-refractivity contribution is 9.10. The Labute approximate surface area is 142 Å². The third-order valence-corrected chi connectivity index (χ3v) is 4.22. The van der Waals surface area contributed by atoms with Crippen molar-refractivity contribution in [1.29, 1.82) is 5.26 Å². The fraction of sp³-hybridized carbons (Fsp3) is 0.0588. The van der Waals surface area contributed by atoms with Gasteiger partial charge in [0.2, 0.25) is 0 Å². The second-order valence-electron chi connectivity index (χ2n) is 4.65. The van der Waals surface area contributed by atoms with Gasteiger partial charge in [-0.3, -0.25) is 4.79 Å². The number of amides is 1. The van der Waals surface area contributed by atoms with Gasteiger partial charge in [-0.1, -0.05) is 57.9 Å². The van der Waals surface area contributed by atoms with Gasteiger partial charge in [0.25, 0.3) is 5.91 Å². The zero-order valence-electron chi connectivity index (χ0n) is 11.5. The lowest BCUT2D eigenvalue weighted by Gasteiger charge is -2.08. The average molecular weight is 376 g/mol. The molecule has 0 unspecified atom stereocenters. The minimum atomic E-state index is -0.737. The molecular formula is C17H12BrClN2O. The lowest BCUT2D eigenvalue weighted by atomic mass is 10.0. The summed E-state index contributed by atoms with van der Waals surface area (Å²) in [4.78, 5) is 11.1. The molecule has 0 saturated carbocycles. The molecule has 2 rings (SSSR count). The van der Waals surface area contributed by atoms with Crippen molar-refractivity contribution in [3.63, 3.8) is 0 Å². The second-order valence-corrected chi connectivity index (χ2v) is 5.91. The van der Waals surface area contributed by atoms with Gasteiger partial charge in [-0.15, -0.1) is 0 Å². The van der Waals surface area contributed by atoms with Crippen molar-refractivity contribution in [1.82, 2.24) is 0 Å². The van der Waals surface area contributed by atoms with Gasteiger partial charge in [-0.25, -0.2) is 0 Å². The molecule has 0 aliphatic carbocycles. The van der Waals surface area contributed by atoms with Crippen LogP contribution in [0.5, 0.6) is 0 Å². The molecular weight excluding hydrogens is 364 g/mol. The number of benzene rings is 2. The molecule has 0 radical (unpaired) electrons. The molecule has 0 spiro atoms. The normalized spacial score (nSPS) is 11.0. The summed E-state index contributed by atoms with van der Waals surface area (Å²) in [5.74, 6) is -0.737. The maximum atomic E-state index is 11.1. The molecule has 3 nitrogen and oxygen atoms in total. The fourth-order valence-corrected chi connectivity index (χ4v) is 2.71. The van der Waals surface area contributed by atoms with Crippen molar-refractivity contribution in [2.24, 2.45) is 5.73 Å². The quantitative estimate of drug-likeness (QED) is 0.646. The summed E-state index contributed by atoms with van der Waals surface area (Å²) < 4.78 is 0.878. The summed E-state index contributed by atoms with van der Waals surface area (Å²) in [5, 5.41) is 9.58. The molecule has 0 fully saturated rings. The standard InChI is InChI=1S/C17H12BrClN2O/c18-15-8-11(7-14(10-20)17(21)22)5-6-12(15)9-13-3-1-2-4-16(13)19/h1-8H,9H2,(H2,21,22)/b14-7+. The maximum Gasteiger partial charge on any atom is 0.259 e. The molecule has 0 atom stereocenters. The minimum Gasteiger partial charge on any atom is -0.365 e. The smallest absolute Gasteiger partial charge is 0.259 e. The first-order valence-corrected chi connectivity index (χ1v) is 7.62. The molecule has 2 aromatic carbocycles. The van der Waals surface area contributed by atoms with Gasteiger partial charge >= 0.3 is 0 Å². The van der Waals surface area contributed by atoms with Crippen LogP contribution in [0.15, 0.2) is 52.5 Å². The molecule has 0 aliphatic rings. The highest BCUT2D eigenvalue weighted by Gasteiger charge is 2.07. The summed E-state index contributed by atoms with van der Waals surface area (Å²) in [6.45, 7) is 0. The predicted octanol–water partition coefficient (Wildman–Crippen LogP) is 4.09. The Bertz CT molecular complexity index is 793. The Morgan fingerprint density at radius 1 is 1.27 bits per heavy atom. The number of nitrogens with two attached hydrogens (primary N) is 1.